The summed E-state index contributed by atoms with van der Waals surface area (Å²) in [7, 11) is 0. The Balaban J connectivity index is 1.33. The van der Waals surface area contributed by atoms with Gasteiger partial charge in [-0.25, -0.2) is 18.9 Å². The van der Waals surface area contributed by atoms with Gasteiger partial charge in [-0.1, -0.05) is 60.7 Å². The van der Waals surface area contributed by atoms with E-state index < -0.39 is 23.8 Å². The normalized spacial score (nSPS) is 16.7. The van der Waals surface area contributed by atoms with E-state index in [9.17, 15) is 9.59 Å². The predicted molar refractivity (Wildman–Crippen MR) is 160 cm³/mol. The molecular formula is C32H26FN7O3. The van der Waals surface area contributed by atoms with Gasteiger partial charge in [0.05, 0.1) is 24.6 Å². The summed E-state index contributed by atoms with van der Waals surface area (Å²) in [5.41, 5.74) is 3.12. The minimum absolute atomic E-state index is 0.0335. The zero-order valence-corrected chi connectivity index (χ0v) is 22.9. The number of amides is 2. The second-order valence-corrected chi connectivity index (χ2v) is 10.1. The zero-order valence-electron chi connectivity index (χ0n) is 22.9. The van der Waals surface area contributed by atoms with Gasteiger partial charge in [-0.2, -0.15) is 5.10 Å². The summed E-state index contributed by atoms with van der Waals surface area (Å²) in [6, 6.07) is 24.7. The van der Waals surface area contributed by atoms with Crippen molar-refractivity contribution in [3.05, 3.63) is 114 Å². The third-order valence-electron chi connectivity index (χ3n) is 7.42. The first-order valence-corrected chi connectivity index (χ1v) is 13.9. The highest BCUT2D eigenvalue weighted by atomic mass is 19.1. The maximum absolute atomic E-state index is 15.1. The summed E-state index contributed by atoms with van der Waals surface area (Å²) in [4.78, 5) is 39.1. The number of carbonyl (C=O) groups is 2. The minimum Gasteiger partial charge on any atom is -0.378 e. The van der Waals surface area contributed by atoms with Crippen molar-refractivity contribution in [2.45, 2.75) is 6.17 Å². The van der Waals surface area contributed by atoms with Crippen LogP contribution in [0, 0.1) is 5.82 Å². The van der Waals surface area contributed by atoms with Crippen LogP contribution in [-0.2, 0) is 9.53 Å². The second-order valence-electron chi connectivity index (χ2n) is 10.1. The SMILES string of the molecule is O=C(N[C@H]1N=C(c2ccccc2)c2ccccc2NC1=O)c1c(-c2ccccc2F)nn2ccc(N3CCOCC3)nc12. The number of ether oxygens (including phenoxy) is 1. The molecule has 1 atom stereocenters. The molecule has 0 aliphatic carbocycles. The number of morpholine rings is 1. The van der Waals surface area contributed by atoms with Crippen molar-refractivity contribution in [1.82, 2.24) is 19.9 Å². The van der Waals surface area contributed by atoms with Gasteiger partial charge in [-0.15, -0.1) is 0 Å². The van der Waals surface area contributed by atoms with Gasteiger partial charge >= 0.3 is 0 Å². The van der Waals surface area contributed by atoms with Crippen LogP contribution in [-0.4, -0.2) is 64.6 Å². The Labute approximate surface area is 245 Å². The Morgan fingerprint density at radius 3 is 2.44 bits per heavy atom. The Morgan fingerprint density at radius 1 is 0.930 bits per heavy atom. The summed E-state index contributed by atoms with van der Waals surface area (Å²) in [5.74, 6) is -1.09. The number of rotatable bonds is 5. The van der Waals surface area contributed by atoms with Gasteiger partial charge in [0.1, 0.15) is 22.9 Å². The van der Waals surface area contributed by atoms with Crippen molar-refractivity contribution in [1.29, 1.82) is 0 Å². The van der Waals surface area contributed by atoms with Crippen LogP contribution in [0.3, 0.4) is 0 Å². The third-order valence-corrected chi connectivity index (χ3v) is 7.42. The molecule has 0 saturated carbocycles. The molecule has 10 nitrogen and oxygen atoms in total. The number of nitrogens with zero attached hydrogens (tertiary/aromatic N) is 5. The highest BCUT2D eigenvalue weighted by Gasteiger charge is 2.31. The number of anilines is 2. The van der Waals surface area contributed by atoms with E-state index in [-0.39, 0.29) is 22.5 Å². The Hall–Kier alpha value is -5.42. The van der Waals surface area contributed by atoms with Gasteiger partial charge in [0.2, 0.25) is 6.17 Å². The lowest BCUT2D eigenvalue weighted by molar-refractivity contribution is -0.117. The number of benzodiazepines with no additional fused rings is 1. The van der Waals surface area contributed by atoms with Gasteiger partial charge in [0.25, 0.3) is 11.8 Å². The van der Waals surface area contributed by atoms with Crippen LogP contribution < -0.4 is 15.5 Å². The molecule has 11 heteroatoms. The van der Waals surface area contributed by atoms with Crippen molar-refractivity contribution in [2.24, 2.45) is 4.99 Å². The topological polar surface area (TPSA) is 113 Å². The molecule has 2 amide bonds. The van der Waals surface area contributed by atoms with Gasteiger partial charge in [-0.05, 0) is 24.3 Å². The van der Waals surface area contributed by atoms with Crippen LogP contribution in [0.4, 0.5) is 15.9 Å². The molecule has 5 aromatic rings. The maximum atomic E-state index is 15.1. The summed E-state index contributed by atoms with van der Waals surface area (Å²) < 4.78 is 22.0. The summed E-state index contributed by atoms with van der Waals surface area (Å²) >= 11 is 0. The molecular weight excluding hydrogens is 549 g/mol. The number of hydrogen-bond donors (Lipinski definition) is 2. The number of carbonyl (C=O) groups excluding carboxylic acids is 2. The first-order valence-electron chi connectivity index (χ1n) is 13.9. The number of halogens is 1. The first-order chi connectivity index (χ1) is 21.1. The standard InChI is InChI=1S/C32H26FN7O3/c33-23-12-6-4-10-21(23)28-26(30-35-25(14-15-40(30)38-28)39-16-18-43-19-17-39)31(41)37-29-32(42)34-24-13-7-5-11-22(24)27(36-29)20-8-2-1-3-9-20/h1-15,29H,16-19H2,(H,34,42)(H,37,41)/t29-/m1/s1. The average Bonchev–Trinajstić information content (AvgIpc) is 3.36. The monoisotopic (exact) mass is 575 g/mol. The molecule has 214 valence electrons. The van der Waals surface area contributed by atoms with Crippen molar-refractivity contribution in [3.8, 4) is 11.3 Å². The molecule has 0 unspecified atom stereocenters. The molecule has 0 bridgehead atoms. The highest BCUT2D eigenvalue weighted by molar-refractivity contribution is 6.20. The molecule has 1 fully saturated rings. The van der Waals surface area contributed by atoms with Gasteiger partial charge in [0.15, 0.2) is 5.65 Å². The number of para-hydroxylation sites is 1. The molecule has 43 heavy (non-hydrogen) atoms. The van der Waals surface area contributed by atoms with E-state index >= 15 is 4.39 Å². The van der Waals surface area contributed by atoms with E-state index in [1.807, 2.05) is 53.4 Å². The molecule has 3 aromatic carbocycles. The van der Waals surface area contributed by atoms with Crippen LogP contribution in [0.5, 0.6) is 0 Å². The van der Waals surface area contributed by atoms with E-state index in [1.54, 1.807) is 36.5 Å². The molecule has 2 aliphatic heterocycles. The lowest BCUT2D eigenvalue weighted by Crippen LogP contribution is -2.42. The molecule has 0 spiro atoms. The predicted octanol–water partition coefficient (Wildman–Crippen LogP) is 3.92. The molecule has 7 rings (SSSR count). The van der Waals surface area contributed by atoms with Crippen molar-refractivity contribution >= 4 is 34.7 Å². The Bertz CT molecular complexity index is 1880. The van der Waals surface area contributed by atoms with Gasteiger partial charge in [-0.3, -0.25) is 9.59 Å². The summed E-state index contributed by atoms with van der Waals surface area (Å²) in [5, 5.41) is 10.2. The van der Waals surface area contributed by atoms with E-state index in [4.69, 9.17) is 14.7 Å². The molecule has 2 aromatic heterocycles. The van der Waals surface area contributed by atoms with Crippen LogP contribution in [0.2, 0.25) is 0 Å². The number of benzene rings is 3. The lowest BCUT2D eigenvalue weighted by atomic mass is 10.0. The molecule has 0 radical (unpaired) electrons. The van der Waals surface area contributed by atoms with Crippen LogP contribution >= 0.6 is 0 Å². The fourth-order valence-electron chi connectivity index (χ4n) is 5.32. The van der Waals surface area contributed by atoms with Crippen LogP contribution in [0.15, 0.2) is 96.1 Å². The van der Waals surface area contributed by atoms with Gasteiger partial charge < -0.3 is 20.3 Å². The molecule has 2 aliphatic rings. The van der Waals surface area contributed by atoms with E-state index in [2.05, 4.69) is 15.7 Å². The summed E-state index contributed by atoms with van der Waals surface area (Å²) in [6.45, 7) is 2.39. The number of aliphatic imine (C=N–C) groups is 1. The Kier molecular flexibility index (Phi) is 6.84. The van der Waals surface area contributed by atoms with Crippen molar-refractivity contribution in [3.63, 3.8) is 0 Å². The van der Waals surface area contributed by atoms with E-state index in [1.165, 1.54) is 10.6 Å². The maximum Gasteiger partial charge on any atom is 0.269 e. The lowest BCUT2D eigenvalue weighted by Gasteiger charge is -2.27. The molecule has 2 N–H and O–H groups in total. The second kappa shape index (κ2) is 11.1. The highest BCUT2D eigenvalue weighted by Crippen LogP contribution is 2.30. The number of nitrogens with one attached hydrogen (secondary N) is 2. The largest absolute Gasteiger partial charge is 0.378 e. The minimum atomic E-state index is -1.29. The fraction of sp³-hybridized carbons (Fsp3) is 0.156. The van der Waals surface area contributed by atoms with E-state index in [0.29, 0.717) is 43.5 Å². The number of aromatic nitrogens is 3. The van der Waals surface area contributed by atoms with E-state index in [0.717, 1.165) is 11.1 Å². The van der Waals surface area contributed by atoms with Crippen LogP contribution in [0.1, 0.15) is 21.5 Å². The number of hydrogen-bond acceptors (Lipinski definition) is 7. The average molecular weight is 576 g/mol. The van der Waals surface area contributed by atoms with Crippen LogP contribution in [0.25, 0.3) is 16.9 Å². The third kappa shape index (κ3) is 4.99. The van der Waals surface area contributed by atoms with Gasteiger partial charge in [0, 0.05) is 36.0 Å². The summed E-state index contributed by atoms with van der Waals surface area (Å²) in [6.07, 6.45) is 0.399. The zero-order chi connectivity index (χ0) is 29.3. The molecule has 1 saturated heterocycles. The first kappa shape index (κ1) is 26.5. The fourth-order valence-corrected chi connectivity index (χ4v) is 5.32. The van der Waals surface area contributed by atoms with Crippen molar-refractivity contribution in [2.75, 3.05) is 36.5 Å². The van der Waals surface area contributed by atoms with Crippen molar-refractivity contribution < 1.29 is 18.7 Å². The number of fused-ring (bicyclic) bond motifs is 2. The molecule has 4 heterocycles. The quantitative estimate of drug-likeness (QED) is 0.329. The smallest absolute Gasteiger partial charge is 0.269 e. The Morgan fingerprint density at radius 2 is 1.65 bits per heavy atom.